The first-order chi connectivity index (χ1) is 15.4. The van der Waals surface area contributed by atoms with Gasteiger partial charge in [-0.3, -0.25) is 9.69 Å². The average Bonchev–Trinajstić information content (AvgIpc) is 3.22. The summed E-state index contributed by atoms with van der Waals surface area (Å²) >= 11 is 0. The lowest BCUT2D eigenvalue weighted by atomic mass is 10.1. The SMILES string of the molecule is COc1ccc(CN(Cc2cccc(F)c2)Cc2ccc(C(=O)NCCN(C)C)o2)cc1. The van der Waals surface area contributed by atoms with E-state index in [4.69, 9.17) is 9.15 Å². The third kappa shape index (κ3) is 7.21. The zero-order chi connectivity index (χ0) is 22.9. The number of hydrogen-bond donors (Lipinski definition) is 1. The smallest absolute Gasteiger partial charge is 0.287 e. The van der Waals surface area contributed by atoms with E-state index in [1.165, 1.54) is 12.1 Å². The maximum absolute atomic E-state index is 13.7. The maximum atomic E-state index is 13.7. The molecule has 0 saturated carbocycles. The summed E-state index contributed by atoms with van der Waals surface area (Å²) in [6.45, 7) is 2.95. The number of ether oxygens (including phenoxy) is 1. The molecule has 1 N–H and O–H groups in total. The fraction of sp³-hybridized carbons (Fsp3) is 0.320. The monoisotopic (exact) mass is 439 g/mol. The quantitative estimate of drug-likeness (QED) is 0.491. The van der Waals surface area contributed by atoms with Crippen LogP contribution in [0.3, 0.4) is 0 Å². The van der Waals surface area contributed by atoms with E-state index < -0.39 is 0 Å². The molecule has 0 radical (unpaired) electrons. The van der Waals surface area contributed by atoms with Crippen molar-refractivity contribution >= 4 is 5.91 Å². The van der Waals surface area contributed by atoms with Gasteiger partial charge in [0.2, 0.25) is 0 Å². The van der Waals surface area contributed by atoms with Crippen molar-refractivity contribution in [2.24, 2.45) is 0 Å². The van der Waals surface area contributed by atoms with Crippen molar-refractivity contribution in [2.45, 2.75) is 19.6 Å². The van der Waals surface area contributed by atoms with Crippen molar-refractivity contribution in [3.05, 3.63) is 89.1 Å². The Hall–Kier alpha value is -3.16. The average molecular weight is 440 g/mol. The highest BCUT2D eigenvalue weighted by molar-refractivity contribution is 5.91. The molecule has 0 bridgehead atoms. The molecule has 6 nitrogen and oxygen atoms in total. The third-order valence-electron chi connectivity index (χ3n) is 4.97. The van der Waals surface area contributed by atoms with Crippen molar-refractivity contribution in [3.63, 3.8) is 0 Å². The van der Waals surface area contributed by atoms with Gasteiger partial charge in [0.05, 0.1) is 13.7 Å². The molecular formula is C25H30FN3O3. The van der Waals surface area contributed by atoms with Crippen molar-refractivity contribution in [1.29, 1.82) is 0 Å². The summed E-state index contributed by atoms with van der Waals surface area (Å²) in [5, 5.41) is 2.85. The van der Waals surface area contributed by atoms with Crippen molar-refractivity contribution in [3.8, 4) is 5.75 Å². The van der Waals surface area contributed by atoms with E-state index in [9.17, 15) is 9.18 Å². The Balaban J connectivity index is 1.70. The summed E-state index contributed by atoms with van der Waals surface area (Å²) in [5.74, 6) is 1.26. The van der Waals surface area contributed by atoms with E-state index in [2.05, 4.69) is 10.2 Å². The Morgan fingerprint density at radius 3 is 2.44 bits per heavy atom. The topological polar surface area (TPSA) is 58.0 Å². The van der Waals surface area contributed by atoms with Crippen LogP contribution in [-0.2, 0) is 19.6 Å². The van der Waals surface area contributed by atoms with E-state index in [1.54, 1.807) is 19.2 Å². The van der Waals surface area contributed by atoms with Gasteiger partial charge in [-0.2, -0.15) is 0 Å². The summed E-state index contributed by atoms with van der Waals surface area (Å²) < 4.78 is 24.7. The van der Waals surface area contributed by atoms with E-state index in [0.717, 1.165) is 23.4 Å². The largest absolute Gasteiger partial charge is 0.497 e. The number of likely N-dealkylation sites (N-methyl/N-ethyl adjacent to an activating group) is 1. The number of hydrogen-bond acceptors (Lipinski definition) is 5. The zero-order valence-corrected chi connectivity index (χ0v) is 18.8. The molecule has 7 heteroatoms. The van der Waals surface area contributed by atoms with Crippen LogP contribution in [0.4, 0.5) is 4.39 Å². The van der Waals surface area contributed by atoms with Gasteiger partial charge >= 0.3 is 0 Å². The van der Waals surface area contributed by atoms with Crippen LogP contribution in [0.25, 0.3) is 0 Å². The number of carbonyl (C=O) groups is 1. The number of furan rings is 1. The summed E-state index contributed by atoms with van der Waals surface area (Å²) in [6, 6.07) is 17.9. The maximum Gasteiger partial charge on any atom is 0.287 e. The Morgan fingerprint density at radius 2 is 1.75 bits per heavy atom. The second kappa shape index (κ2) is 11.5. The van der Waals surface area contributed by atoms with E-state index in [1.807, 2.05) is 55.4 Å². The summed E-state index contributed by atoms with van der Waals surface area (Å²) in [5.41, 5.74) is 1.96. The lowest BCUT2D eigenvalue weighted by Gasteiger charge is -2.22. The molecule has 170 valence electrons. The van der Waals surface area contributed by atoms with Gasteiger partial charge in [-0.25, -0.2) is 4.39 Å². The van der Waals surface area contributed by atoms with Crippen LogP contribution < -0.4 is 10.1 Å². The van der Waals surface area contributed by atoms with Gasteiger partial charge in [-0.15, -0.1) is 0 Å². The Bertz CT molecular complexity index is 1000. The predicted octanol–water partition coefficient (Wildman–Crippen LogP) is 3.92. The number of halogens is 1. The van der Waals surface area contributed by atoms with Crippen LogP contribution in [0.5, 0.6) is 5.75 Å². The van der Waals surface area contributed by atoms with E-state index in [-0.39, 0.29) is 17.5 Å². The molecule has 1 amide bonds. The standard InChI is InChI=1S/C25H30FN3O3/c1-28(2)14-13-27-25(30)24-12-11-23(32-24)18-29(17-20-5-4-6-21(26)15-20)16-19-7-9-22(31-3)10-8-19/h4-12,15H,13-14,16-18H2,1-3H3,(H,27,30). The molecular weight excluding hydrogens is 409 g/mol. The minimum Gasteiger partial charge on any atom is -0.497 e. The first kappa shape index (κ1) is 23.5. The molecule has 0 aliphatic carbocycles. The molecule has 0 atom stereocenters. The molecule has 0 aliphatic heterocycles. The van der Waals surface area contributed by atoms with Gasteiger partial charge in [0.15, 0.2) is 5.76 Å². The van der Waals surface area contributed by atoms with Crippen molar-refractivity contribution < 1.29 is 18.3 Å². The molecule has 3 aromatic rings. The van der Waals surface area contributed by atoms with Gasteiger partial charge in [0.25, 0.3) is 5.91 Å². The van der Waals surface area contributed by atoms with E-state index >= 15 is 0 Å². The van der Waals surface area contributed by atoms with Crippen LogP contribution in [0, 0.1) is 5.82 Å². The number of amides is 1. The Kier molecular flexibility index (Phi) is 8.41. The number of methoxy groups -OCH3 is 1. The fourth-order valence-corrected chi connectivity index (χ4v) is 3.34. The highest BCUT2D eigenvalue weighted by Crippen LogP contribution is 2.18. The van der Waals surface area contributed by atoms with Crippen LogP contribution in [0.15, 0.2) is 65.1 Å². The second-order valence-electron chi connectivity index (χ2n) is 7.95. The summed E-state index contributed by atoms with van der Waals surface area (Å²) in [6.07, 6.45) is 0. The van der Waals surface area contributed by atoms with Gasteiger partial charge < -0.3 is 19.4 Å². The minimum absolute atomic E-state index is 0.232. The minimum atomic E-state index is -0.262. The Morgan fingerprint density at radius 1 is 1.00 bits per heavy atom. The molecule has 1 heterocycles. The second-order valence-corrected chi connectivity index (χ2v) is 7.95. The molecule has 0 fully saturated rings. The summed E-state index contributed by atoms with van der Waals surface area (Å²) in [4.78, 5) is 16.5. The molecule has 0 saturated heterocycles. The fourth-order valence-electron chi connectivity index (χ4n) is 3.34. The number of carbonyl (C=O) groups excluding carboxylic acids is 1. The van der Waals surface area contributed by atoms with Crippen LogP contribution in [0.1, 0.15) is 27.4 Å². The first-order valence-electron chi connectivity index (χ1n) is 10.5. The lowest BCUT2D eigenvalue weighted by molar-refractivity contribution is 0.0918. The summed E-state index contributed by atoms with van der Waals surface area (Å²) in [7, 11) is 5.54. The van der Waals surface area contributed by atoms with E-state index in [0.29, 0.717) is 31.9 Å². The van der Waals surface area contributed by atoms with Gasteiger partial charge in [0.1, 0.15) is 17.3 Å². The van der Waals surface area contributed by atoms with Gasteiger partial charge in [-0.1, -0.05) is 24.3 Å². The highest BCUT2D eigenvalue weighted by Gasteiger charge is 2.15. The molecule has 2 aromatic carbocycles. The molecule has 1 aromatic heterocycles. The highest BCUT2D eigenvalue weighted by atomic mass is 19.1. The molecule has 0 unspecified atom stereocenters. The van der Waals surface area contributed by atoms with Crippen LogP contribution in [-0.4, -0.2) is 50.0 Å². The van der Waals surface area contributed by atoms with Gasteiger partial charge in [-0.05, 0) is 61.6 Å². The van der Waals surface area contributed by atoms with Crippen LogP contribution >= 0.6 is 0 Å². The number of benzene rings is 2. The number of rotatable bonds is 11. The number of nitrogens with zero attached hydrogens (tertiary/aromatic N) is 2. The molecule has 0 aliphatic rings. The Labute approximate surface area is 188 Å². The number of nitrogens with one attached hydrogen (secondary N) is 1. The third-order valence-corrected chi connectivity index (χ3v) is 4.97. The molecule has 0 spiro atoms. The predicted molar refractivity (Wildman–Crippen MR) is 122 cm³/mol. The van der Waals surface area contributed by atoms with Gasteiger partial charge in [0, 0.05) is 26.2 Å². The molecule has 3 rings (SSSR count). The lowest BCUT2D eigenvalue weighted by Crippen LogP contribution is -2.31. The normalized spacial score (nSPS) is 11.2. The van der Waals surface area contributed by atoms with Crippen molar-refractivity contribution in [2.75, 3.05) is 34.3 Å². The molecule has 32 heavy (non-hydrogen) atoms. The zero-order valence-electron chi connectivity index (χ0n) is 18.8. The van der Waals surface area contributed by atoms with Crippen molar-refractivity contribution in [1.82, 2.24) is 15.1 Å². The first-order valence-corrected chi connectivity index (χ1v) is 10.5. The van der Waals surface area contributed by atoms with Crippen LogP contribution in [0.2, 0.25) is 0 Å².